The first-order valence-electron chi connectivity index (χ1n) is 5.63. The molecule has 1 aromatic carbocycles. The number of benzene rings is 1. The van der Waals surface area contributed by atoms with E-state index in [-0.39, 0.29) is 0 Å². The van der Waals surface area contributed by atoms with Crippen molar-refractivity contribution in [3.05, 3.63) is 17.7 Å². The smallest absolute Gasteiger partial charge is 0.437 e. The Balaban J connectivity index is 2.48. The third kappa shape index (κ3) is 2.13. The van der Waals surface area contributed by atoms with Crippen LogP contribution in [0.15, 0.2) is 12.1 Å². The van der Waals surface area contributed by atoms with E-state index in [9.17, 15) is 4.79 Å². The summed E-state index contributed by atoms with van der Waals surface area (Å²) in [5.74, 6) is 0. The number of ether oxygens (including phenoxy) is 1. The molecule has 0 fully saturated rings. The summed E-state index contributed by atoms with van der Waals surface area (Å²) in [6, 6.07) is 3.58. The second-order valence-electron chi connectivity index (χ2n) is 5.15. The minimum absolute atomic E-state index is 0.515. The Bertz CT molecular complexity index is 610. The maximum atomic E-state index is 11.9. The minimum atomic E-state index is -0.578. The zero-order valence-electron chi connectivity index (χ0n) is 10.9. The number of anilines is 1. The van der Waals surface area contributed by atoms with Gasteiger partial charge in [0.2, 0.25) is 0 Å². The molecule has 0 aliphatic heterocycles. The van der Waals surface area contributed by atoms with Crippen LogP contribution in [-0.2, 0) is 4.74 Å². The van der Waals surface area contributed by atoms with Crippen molar-refractivity contribution in [2.24, 2.45) is 0 Å². The van der Waals surface area contributed by atoms with Gasteiger partial charge in [0.1, 0.15) is 16.6 Å². The summed E-state index contributed by atoms with van der Waals surface area (Å²) in [7, 11) is 0. The number of aryl methyl sites for hydroxylation is 1. The van der Waals surface area contributed by atoms with Crippen LogP contribution in [-0.4, -0.2) is 26.7 Å². The number of nitrogens with two attached hydrogens (primary N) is 1. The Hall–Kier alpha value is -2.11. The third-order valence-corrected chi connectivity index (χ3v) is 2.44. The summed E-state index contributed by atoms with van der Waals surface area (Å²) in [5.41, 5.74) is 7.81. The quantitative estimate of drug-likeness (QED) is 0.722. The van der Waals surface area contributed by atoms with Gasteiger partial charge < -0.3 is 10.5 Å². The van der Waals surface area contributed by atoms with Crippen LogP contribution in [0.1, 0.15) is 26.3 Å². The lowest BCUT2D eigenvalue weighted by atomic mass is 10.2. The largest absolute Gasteiger partial charge is 0.442 e. The molecule has 6 nitrogen and oxygen atoms in total. The highest BCUT2D eigenvalue weighted by Crippen LogP contribution is 2.22. The van der Waals surface area contributed by atoms with Gasteiger partial charge in [-0.2, -0.15) is 0 Å². The van der Waals surface area contributed by atoms with Crippen molar-refractivity contribution in [2.75, 3.05) is 5.73 Å². The highest BCUT2D eigenvalue weighted by Gasteiger charge is 2.21. The number of nitrogen functional groups attached to an aromatic ring is 1. The highest BCUT2D eigenvalue weighted by atomic mass is 16.6. The van der Waals surface area contributed by atoms with Crippen molar-refractivity contribution in [2.45, 2.75) is 33.3 Å². The van der Waals surface area contributed by atoms with Crippen LogP contribution in [0.25, 0.3) is 11.0 Å². The molecule has 1 heterocycles. The van der Waals surface area contributed by atoms with E-state index in [4.69, 9.17) is 10.5 Å². The molecule has 96 valence electrons. The summed E-state index contributed by atoms with van der Waals surface area (Å²) in [6.45, 7) is 7.26. The lowest BCUT2D eigenvalue weighted by Gasteiger charge is -2.18. The van der Waals surface area contributed by atoms with Gasteiger partial charge in [0, 0.05) is 0 Å². The molecule has 0 bridgehead atoms. The normalized spacial score (nSPS) is 11.8. The van der Waals surface area contributed by atoms with Gasteiger partial charge in [-0.1, -0.05) is 11.3 Å². The second-order valence-corrected chi connectivity index (χ2v) is 5.15. The van der Waals surface area contributed by atoms with E-state index in [1.54, 1.807) is 26.8 Å². The molecule has 2 rings (SSSR count). The zero-order chi connectivity index (χ0) is 13.5. The number of aromatic nitrogens is 3. The summed E-state index contributed by atoms with van der Waals surface area (Å²) in [4.78, 5) is 11.9. The topological polar surface area (TPSA) is 83.0 Å². The molecule has 1 aromatic heterocycles. The van der Waals surface area contributed by atoms with Gasteiger partial charge in [0.05, 0.1) is 5.69 Å². The van der Waals surface area contributed by atoms with E-state index in [1.165, 1.54) is 0 Å². The van der Waals surface area contributed by atoms with E-state index in [1.807, 2.05) is 13.0 Å². The first kappa shape index (κ1) is 12.3. The Morgan fingerprint density at radius 1 is 1.39 bits per heavy atom. The molecular formula is C12H16N4O2. The molecule has 0 atom stereocenters. The van der Waals surface area contributed by atoms with Crippen molar-refractivity contribution in [1.29, 1.82) is 0 Å². The molecule has 0 saturated carbocycles. The van der Waals surface area contributed by atoms with Crippen LogP contribution in [0.3, 0.4) is 0 Å². The fourth-order valence-corrected chi connectivity index (χ4v) is 1.55. The van der Waals surface area contributed by atoms with Crippen LogP contribution in [0.2, 0.25) is 0 Å². The van der Waals surface area contributed by atoms with Gasteiger partial charge in [-0.05, 0) is 39.3 Å². The molecule has 0 amide bonds. The van der Waals surface area contributed by atoms with E-state index >= 15 is 0 Å². The van der Waals surface area contributed by atoms with Gasteiger partial charge in [-0.15, -0.1) is 9.78 Å². The van der Waals surface area contributed by atoms with Crippen molar-refractivity contribution < 1.29 is 9.53 Å². The lowest BCUT2D eigenvalue weighted by Crippen LogP contribution is -2.27. The van der Waals surface area contributed by atoms with Crippen LogP contribution in [0.5, 0.6) is 0 Å². The van der Waals surface area contributed by atoms with Crippen LogP contribution in [0.4, 0.5) is 10.5 Å². The lowest BCUT2D eigenvalue weighted by molar-refractivity contribution is 0.0519. The van der Waals surface area contributed by atoms with E-state index in [2.05, 4.69) is 10.3 Å². The maximum absolute atomic E-state index is 11.9. The Kier molecular flexibility index (Phi) is 2.73. The molecule has 0 unspecified atom stereocenters. The molecule has 0 radical (unpaired) electrons. The summed E-state index contributed by atoms with van der Waals surface area (Å²) >= 11 is 0. The SMILES string of the molecule is Cc1ccc2c(nnn2C(=O)OC(C)(C)C)c1N. The molecule has 0 spiro atoms. The molecule has 2 N–H and O–H groups in total. The minimum Gasteiger partial charge on any atom is -0.442 e. The molecule has 0 aliphatic carbocycles. The molecule has 0 saturated heterocycles. The van der Waals surface area contributed by atoms with Crippen molar-refractivity contribution in [3.8, 4) is 0 Å². The predicted molar refractivity (Wildman–Crippen MR) is 68.3 cm³/mol. The number of carbonyl (C=O) groups excluding carboxylic acids is 1. The summed E-state index contributed by atoms with van der Waals surface area (Å²) in [5, 5.41) is 7.71. The maximum Gasteiger partial charge on any atom is 0.437 e. The molecule has 18 heavy (non-hydrogen) atoms. The van der Waals surface area contributed by atoms with Crippen LogP contribution < -0.4 is 5.73 Å². The van der Waals surface area contributed by atoms with Gasteiger partial charge >= 0.3 is 6.09 Å². The Morgan fingerprint density at radius 2 is 2.06 bits per heavy atom. The van der Waals surface area contributed by atoms with Crippen molar-refractivity contribution in [3.63, 3.8) is 0 Å². The molecular weight excluding hydrogens is 232 g/mol. The Labute approximate surface area is 105 Å². The number of hydrogen-bond acceptors (Lipinski definition) is 5. The van der Waals surface area contributed by atoms with Gasteiger partial charge in [0.25, 0.3) is 0 Å². The zero-order valence-corrected chi connectivity index (χ0v) is 10.9. The van der Waals surface area contributed by atoms with Crippen LogP contribution in [0, 0.1) is 6.92 Å². The van der Waals surface area contributed by atoms with E-state index in [0.29, 0.717) is 16.7 Å². The molecule has 6 heteroatoms. The fourth-order valence-electron chi connectivity index (χ4n) is 1.55. The predicted octanol–water partition coefficient (Wildman–Crippen LogP) is 2.11. The first-order chi connectivity index (χ1) is 8.29. The highest BCUT2D eigenvalue weighted by molar-refractivity contribution is 5.93. The fraction of sp³-hybridized carbons (Fsp3) is 0.417. The van der Waals surface area contributed by atoms with Crippen LogP contribution >= 0.6 is 0 Å². The first-order valence-corrected chi connectivity index (χ1v) is 5.63. The molecule has 0 aliphatic rings. The summed E-state index contributed by atoms with van der Waals surface area (Å²) < 4.78 is 6.36. The monoisotopic (exact) mass is 248 g/mol. The second kappa shape index (κ2) is 3.97. The van der Waals surface area contributed by atoms with E-state index < -0.39 is 11.7 Å². The van der Waals surface area contributed by atoms with Gasteiger partial charge in [0.15, 0.2) is 0 Å². The van der Waals surface area contributed by atoms with Crippen molar-refractivity contribution in [1.82, 2.24) is 15.0 Å². The standard InChI is InChI=1S/C12H16N4O2/c1-7-5-6-8-10(9(7)13)14-15-16(8)11(17)18-12(2,3)4/h5-6H,13H2,1-4H3. The number of fused-ring (bicyclic) bond motifs is 1. The number of rotatable bonds is 0. The van der Waals surface area contributed by atoms with Crippen molar-refractivity contribution >= 4 is 22.8 Å². The van der Waals surface area contributed by atoms with Gasteiger partial charge in [-0.3, -0.25) is 0 Å². The van der Waals surface area contributed by atoms with E-state index in [0.717, 1.165) is 10.2 Å². The Morgan fingerprint density at radius 3 is 2.67 bits per heavy atom. The average molecular weight is 248 g/mol. The third-order valence-electron chi connectivity index (χ3n) is 2.44. The number of carbonyl (C=O) groups is 1. The number of hydrogen-bond donors (Lipinski definition) is 1. The molecule has 2 aromatic rings. The number of nitrogens with zero attached hydrogens (tertiary/aromatic N) is 3. The van der Waals surface area contributed by atoms with Gasteiger partial charge in [-0.25, -0.2) is 4.79 Å². The summed E-state index contributed by atoms with van der Waals surface area (Å²) in [6.07, 6.45) is -0.562. The average Bonchev–Trinajstić information content (AvgIpc) is 2.65.